The molecule has 20 heavy (non-hydrogen) atoms. The van der Waals surface area contributed by atoms with Gasteiger partial charge in [0.1, 0.15) is 5.75 Å². The fourth-order valence-corrected chi connectivity index (χ4v) is 2.83. The maximum absolute atomic E-state index is 9.52. The van der Waals surface area contributed by atoms with E-state index in [1.54, 1.807) is 7.11 Å². The molecule has 2 heteroatoms. The Bertz CT molecular complexity index is 627. The third-order valence-corrected chi connectivity index (χ3v) is 4.14. The van der Waals surface area contributed by atoms with Crippen LogP contribution in [0, 0.1) is 6.92 Å². The number of methoxy groups -OCH3 is 1. The van der Waals surface area contributed by atoms with Crippen LogP contribution in [0.3, 0.4) is 0 Å². The summed E-state index contributed by atoms with van der Waals surface area (Å²) >= 11 is 0. The summed E-state index contributed by atoms with van der Waals surface area (Å²) in [5.74, 6) is 1.63. The maximum Gasteiger partial charge on any atom is 0.122 e. The zero-order chi connectivity index (χ0) is 14.1. The Morgan fingerprint density at radius 3 is 2.60 bits per heavy atom. The molecule has 1 fully saturated rings. The molecule has 0 atom stereocenters. The van der Waals surface area contributed by atoms with Gasteiger partial charge >= 0.3 is 0 Å². The standard InChI is InChI=1S/C18H20O2/c1-12-17(13-7-8-13)9-15(10-18(12)20-2)16-6-4-3-5-14(16)11-19/h3-6,9-10,13,19H,7-8,11H2,1-2H3. The molecule has 0 radical (unpaired) electrons. The van der Waals surface area contributed by atoms with Gasteiger partial charge in [0.25, 0.3) is 0 Å². The van der Waals surface area contributed by atoms with Gasteiger partial charge in [0.2, 0.25) is 0 Å². The van der Waals surface area contributed by atoms with Gasteiger partial charge in [-0.1, -0.05) is 30.3 Å². The first kappa shape index (κ1) is 13.2. The average Bonchev–Trinajstić information content (AvgIpc) is 3.32. The minimum Gasteiger partial charge on any atom is -0.496 e. The van der Waals surface area contributed by atoms with Crippen molar-refractivity contribution in [2.45, 2.75) is 32.3 Å². The fraction of sp³-hybridized carbons (Fsp3) is 0.333. The Morgan fingerprint density at radius 1 is 1.20 bits per heavy atom. The van der Waals surface area contributed by atoms with Crippen LogP contribution in [0.25, 0.3) is 11.1 Å². The lowest BCUT2D eigenvalue weighted by atomic mass is 9.94. The lowest BCUT2D eigenvalue weighted by Crippen LogP contribution is -1.96. The summed E-state index contributed by atoms with van der Waals surface area (Å²) in [6.07, 6.45) is 2.55. The second-order valence-electron chi connectivity index (χ2n) is 5.48. The smallest absolute Gasteiger partial charge is 0.122 e. The van der Waals surface area contributed by atoms with Crippen LogP contribution < -0.4 is 4.74 Å². The van der Waals surface area contributed by atoms with Crippen molar-refractivity contribution >= 4 is 0 Å². The average molecular weight is 268 g/mol. The minimum atomic E-state index is 0.0606. The molecule has 1 saturated carbocycles. The number of hydrogen-bond donors (Lipinski definition) is 1. The predicted octanol–water partition coefficient (Wildman–Crippen LogP) is 4.04. The van der Waals surface area contributed by atoms with Crippen LogP contribution in [0.5, 0.6) is 5.75 Å². The summed E-state index contributed by atoms with van der Waals surface area (Å²) in [5, 5.41) is 9.52. The summed E-state index contributed by atoms with van der Waals surface area (Å²) in [6.45, 7) is 2.19. The van der Waals surface area contributed by atoms with Crippen LogP contribution in [0.2, 0.25) is 0 Å². The van der Waals surface area contributed by atoms with Crippen molar-refractivity contribution in [1.82, 2.24) is 0 Å². The minimum absolute atomic E-state index is 0.0606. The van der Waals surface area contributed by atoms with Crippen molar-refractivity contribution in [3.05, 3.63) is 53.1 Å². The molecular weight excluding hydrogens is 248 g/mol. The Labute approximate surface area is 120 Å². The van der Waals surface area contributed by atoms with Crippen molar-refractivity contribution in [3.8, 4) is 16.9 Å². The SMILES string of the molecule is COc1cc(-c2ccccc2CO)cc(C2CC2)c1C. The molecule has 1 aliphatic rings. The molecule has 0 aromatic heterocycles. The van der Waals surface area contributed by atoms with Crippen LogP contribution in [0.15, 0.2) is 36.4 Å². The zero-order valence-corrected chi connectivity index (χ0v) is 12.0. The van der Waals surface area contributed by atoms with E-state index in [0.717, 1.165) is 22.4 Å². The lowest BCUT2D eigenvalue weighted by molar-refractivity contribution is 0.282. The zero-order valence-electron chi connectivity index (χ0n) is 12.0. The highest BCUT2D eigenvalue weighted by Crippen LogP contribution is 2.45. The first-order chi connectivity index (χ1) is 9.74. The van der Waals surface area contributed by atoms with E-state index in [9.17, 15) is 5.11 Å². The summed E-state index contributed by atoms with van der Waals surface area (Å²) in [7, 11) is 1.72. The van der Waals surface area contributed by atoms with Gasteiger partial charge < -0.3 is 9.84 Å². The molecule has 1 N–H and O–H groups in total. The summed E-state index contributed by atoms with van der Waals surface area (Å²) in [4.78, 5) is 0. The molecule has 2 nitrogen and oxygen atoms in total. The second-order valence-corrected chi connectivity index (χ2v) is 5.48. The van der Waals surface area contributed by atoms with Crippen molar-refractivity contribution in [2.75, 3.05) is 7.11 Å². The first-order valence-electron chi connectivity index (χ1n) is 7.12. The fourth-order valence-electron chi connectivity index (χ4n) is 2.83. The normalized spacial score (nSPS) is 14.3. The molecular formula is C18H20O2. The summed E-state index contributed by atoms with van der Waals surface area (Å²) in [5.41, 5.74) is 5.83. The third-order valence-electron chi connectivity index (χ3n) is 4.14. The Kier molecular flexibility index (Phi) is 3.49. The van der Waals surface area contributed by atoms with Gasteiger partial charge in [-0.25, -0.2) is 0 Å². The highest BCUT2D eigenvalue weighted by molar-refractivity contribution is 5.71. The quantitative estimate of drug-likeness (QED) is 0.906. The van der Waals surface area contributed by atoms with Gasteiger partial charge in [0.15, 0.2) is 0 Å². The van der Waals surface area contributed by atoms with E-state index >= 15 is 0 Å². The molecule has 0 heterocycles. The van der Waals surface area contributed by atoms with Crippen LogP contribution in [-0.4, -0.2) is 12.2 Å². The van der Waals surface area contributed by atoms with Gasteiger partial charge in [0.05, 0.1) is 13.7 Å². The van der Waals surface area contributed by atoms with E-state index < -0.39 is 0 Å². The van der Waals surface area contributed by atoms with E-state index in [-0.39, 0.29) is 6.61 Å². The number of benzene rings is 2. The number of hydrogen-bond acceptors (Lipinski definition) is 2. The number of ether oxygens (including phenoxy) is 1. The summed E-state index contributed by atoms with van der Waals surface area (Å²) in [6, 6.07) is 12.4. The van der Waals surface area contributed by atoms with Gasteiger partial charge in [-0.15, -0.1) is 0 Å². The molecule has 0 bridgehead atoms. The number of aliphatic hydroxyl groups is 1. The van der Waals surface area contributed by atoms with Crippen molar-refractivity contribution < 1.29 is 9.84 Å². The predicted molar refractivity (Wildman–Crippen MR) is 81.1 cm³/mol. The number of aliphatic hydroxyl groups excluding tert-OH is 1. The van der Waals surface area contributed by atoms with Crippen LogP contribution in [0.1, 0.15) is 35.4 Å². The summed E-state index contributed by atoms with van der Waals surface area (Å²) < 4.78 is 5.54. The Balaban J connectivity index is 2.15. The van der Waals surface area contributed by atoms with E-state index in [0.29, 0.717) is 5.92 Å². The number of rotatable bonds is 4. The first-order valence-corrected chi connectivity index (χ1v) is 7.12. The van der Waals surface area contributed by atoms with Gasteiger partial charge in [0, 0.05) is 0 Å². The molecule has 2 aromatic carbocycles. The molecule has 0 saturated heterocycles. The molecule has 104 valence electrons. The van der Waals surface area contributed by atoms with E-state index in [1.165, 1.54) is 24.0 Å². The third kappa shape index (κ3) is 2.32. The van der Waals surface area contributed by atoms with Crippen molar-refractivity contribution in [3.63, 3.8) is 0 Å². The van der Waals surface area contributed by atoms with Gasteiger partial charge in [-0.3, -0.25) is 0 Å². The molecule has 0 amide bonds. The monoisotopic (exact) mass is 268 g/mol. The Morgan fingerprint density at radius 2 is 1.95 bits per heavy atom. The van der Waals surface area contributed by atoms with E-state index in [1.807, 2.05) is 18.2 Å². The van der Waals surface area contributed by atoms with Crippen LogP contribution in [-0.2, 0) is 6.61 Å². The topological polar surface area (TPSA) is 29.5 Å². The molecule has 1 aliphatic carbocycles. The van der Waals surface area contributed by atoms with Gasteiger partial charge in [-0.05, 0) is 59.6 Å². The molecule has 3 rings (SSSR count). The van der Waals surface area contributed by atoms with Crippen LogP contribution >= 0.6 is 0 Å². The van der Waals surface area contributed by atoms with Crippen molar-refractivity contribution in [2.24, 2.45) is 0 Å². The lowest BCUT2D eigenvalue weighted by Gasteiger charge is -2.15. The van der Waals surface area contributed by atoms with Crippen LogP contribution in [0.4, 0.5) is 0 Å². The molecule has 0 spiro atoms. The highest BCUT2D eigenvalue weighted by Gasteiger charge is 2.27. The second kappa shape index (κ2) is 5.29. The van der Waals surface area contributed by atoms with E-state index in [2.05, 4.69) is 25.1 Å². The molecule has 0 unspecified atom stereocenters. The largest absolute Gasteiger partial charge is 0.496 e. The van der Waals surface area contributed by atoms with Crippen molar-refractivity contribution in [1.29, 1.82) is 0 Å². The highest BCUT2D eigenvalue weighted by atomic mass is 16.5. The van der Waals surface area contributed by atoms with E-state index in [4.69, 9.17) is 4.74 Å². The Hall–Kier alpha value is -1.80. The molecule has 2 aromatic rings. The molecule has 0 aliphatic heterocycles. The van der Waals surface area contributed by atoms with Gasteiger partial charge in [-0.2, -0.15) is 0 Å². The maximum atomic E-state index is 9.52.